The summed E-state index contributed by atoms with van der Waals surface area (Å²) >= 11 is 5.87. The predicted molar refractivity (Wildman–Crippen MR) is 95.9 cm³/mol. The predicted octanol–water partition coefficient (Wildman–Crippen LogP) is 3.67. The first-order valence-electron chi connectivity index (χ1n) is 7.28. The molecule has 0 bridgehead atoms. The largest absolute Gasteiger partial charge is 0.322 e. The Kier molecular flexibility index (Phi) is 5.32. The fraction of sp³-hybridized carbons (Fsp3) is 0.235. The van der Waals surface area contributed by atoms with Crippen LogP contribution in [0.4, 0.5) is 5.69 Å². The van der Waals surface area contributed by atoms with Crippen molar-refractivity contribution >= 4 is 33.2 Å². The van der Waals surface area contributed by atoms with Crippen LogP contribution in [0.5, 0.6) is 0 Å². The van der Waals surface area contributed by atoms with Crippen LogP contribution in [-0.2, 0) is 10.0 Å². The highest BCUT2D eigenvalue weighted by Crippen LogP contribution is 2.19. The van der Waals surface area contributed by atoms with Crippen molar-refractivity contribution in [3.63, 3.8) is 0 Å². The molecule has 0 spiro atoms. The molecule has 24 heavy (non-hydrogen) atoms. The molecule has 5 nitrogen and oxygen atoms in total. The molecule has 0 atom stereocenters. The molecule has 0 saturated heterocycles. The van der Waals surface area contributed by atoms with Gasteiger partial charge in [-0.1, -0.05) is 23.7 Å². The highest BCUT2D eigenvalue weighted by atomic mass is 35.5. The van der Waals surface area contributed by atoms with Gasteiger partial charge in [0, 0.05) is 21.8 Å². The summed E-state index contributed by atoms with van der Waals surface area (Å²) in [5.41, 5.74) is 0.180. The maximum absolute atomic E-state index is 12.4. The van der Waals surface area contributed by atoms with Gasteiger partial charge in [-0.25, -0.2) is 13.1 Å². The molecule has 2 rings (SSSR count). The molecule has 2 N–H and O–H groups in total. The number of hydrogen-bond acceptors (Lipinski definition) is 3. The van der Waals surface area contributed by atoms with Crippen LogP contribution in [0, 0.1) is 0 Å². The summed E-state index contributed by atoms with van der Waals surface area (Å²) < 4.78 is 27.3. The van der Waals surface area contributed by atoms with Crippen molar-refractivity contribution < 1.29 is 13.2 Å². The Hall–Kier alpha value is -1.89. The van der Waals surface area contributed by atoms with Crippen LogP contribution in [0.2, 0.25) is 5.02 Å². The molecule has 0 aliphatic heterocycles. The summed E-state index contributed by atoms with van der Waals surface area (Å²) in [4.78, 5) is 12.3. The van der Waals surface area contributed by atoms with Gasteiger partial charge in [0.2, 0.25) is 10.0 Å². The Morgan fingerprint density at radius 1 is 1.04 bits per heavy atom. The van der Waals surface area contributed by atoms with Crippen LogP contribution in [0.1, 0.15) is 31.1 Å². The summed E-state index contributed by atoms with van der Waals surface area (Å²) in [5.74, 6) is -0.365. The molecule has 0 radical (unpaired) electrons. The summed E-state index contributed by atoms with van der Waals surface area (Å²) in [6.07, 6.45) is 0. The van der Waals surface area contributed by atoms with Gasteiger partial charge < -0.3 is 5.32 Å². The molecule has 0 aliphatic rings. The van der Waals surface area contributed by atoms with Gasteiger partial charge in [0.25, 0.3) is 5.91 Å². The van der Waals surface area contributed by atoms with Gasteiger partial charge in [-0.3, -0.25) is 4.79 Å². The number of anilines is 1. The Balaban J connectivity index is 2.23. The van der Waals surface area contributed by atoms with Gasteiger partial charge in [0.1, 0.15) is 0 Å². The standard InChI is InChI=1S/C17H19ClN2O3S/c1-17(2,3)20-24(22,23)15-9-5-8-14(11-15)19-16(21)12-6-4-7-13(18)10-12/h4-11,20H,1-3H3,(H,19,21). The average Bonchev–Trinajstić information content (AvgIpc) is 2.45. The summed E-state index contributed by atoms with van der Waals surface area (Å²) in [6, 6.07) is 12.6. The van der Waals surface area contributed by atoms with E-state index >= 15 is 0 Å². The van der Waals surface area contributed by atoms with Crippen LogP contribution in [0.3, 0.4) is 0 Å². The van der Waals surface area contributed by atoms with E-state index in [-0.39, 0.29) is 10.8 Å². The minimum absolute atomic E-state index is 0.0846. The van der Waals surface area contributed by atoms with Gasteiger partial charge in [0.05, 0.1) is 4.90 Å². The van der Waals surface area contributed by atoms with E-state index in [1.807, 2.05) is 0 Å². The minimum atomic E-state index is -3.67. The molecule has 7 heteroatoms. The molecular formula is C17H19ClN2O3S. The third-order valence-electron chi connectivity index (χ3n) is 2.93. The average molecular weight is 367 g/mol. The van der Waals surface area contributed by atoms with Gasteiger partial charge in [0.15, 0.2) is 0 Å². The lowest BCUT2D eigenvalue weighted by molar-refractivity contribution is 0.102. The first kappa shape index (κ1) is 18.4. The summed E-state index contributed by atoms with van der Waals surface area (Å²) in [6.45, 7) is 5.28. The quantitative estimate of drug-likeness (QED) is 0.866. The molecular weight excluding hydrogens is 348 g/mol. The summed E-state index contributed by atoms with van der Waals surface area (Å²) in [7, 11) is -3.67. The number of carbonyl (C=O) groups excluding carboxylic acids is 1. The second-order valence-electron chi connectivity index (χ2n) is 6.35. The van der Waals surface area contributed by atoms with E-state index < -0.39 is 15.6 Å². The van der Waals surface area contributed by atoms with Crippen LogP contribution in [0.25, 0.3) is 0 Å². The van der Waals surface area contributed by atoms with Gasteiger partial charge >= 0.3 is 0 Å². The maximum Gasteiger partial charge on any atom is 0.255 e. The number of hydrogen-bond donors (Lipinski definition) is 2. The van der Waals surface area contributed by atoms with Crippen molar-refractivity contribution in [2.45, 2.75) is 31.2 Å². The lowest BCUT2D eigenvalue weighted by Gasteiger charge is -2.20. The zero-order valence-electron chi connectivity index (χ0n) is 13.6. The van der Waals surface area contributed by atoms with Gasteiger partial charge in [-0.2, -0.15) is 0 Å². The molecule has 0 saturated carbocycles. The molecule has 2 aromatic rings. The Labute approximate surface area is 147 Å². The van der Waals surface area contributed by atoms with E-state index in [2.05, 4.69) is 10.0 Å². The number of sulfonamides is 1. The van der Waals surface area contributed by atoms with Crippen LogP contribution < -0.4 is 10.0 Å². The van der Waals surface area contributed by atoms with E-state index in [1.54, 1.807) is 57.2 Å². The molecule has 0 heterocycles. The smallest absolute Gasteiger partial charge is 0.255 e. The lowest BCUT2D eigenvalue weighted by atomic mass is 10.1. The maximum atomic E-state index is 12.4. The fourth-order valence-corrected chi connectivity index (χ4v) is 3.69. The van der Waals surface area contributed by atoms with E-state index in [4.69, 9.17) is 11.6 Å². The van der Waals surface area contributed by atoms with Crippen molar-refractivity contribution in [3.05, 3.63) is 59.1 Å². The third kappa shape index (κ3) is 5.06. The monoisotopic (exact) mass is 366 g/mol. The van der Waals surface area contributed by atoms with Crippen molar-refractivity contribution in [3.8, 4) is 0 Å². The van der Waals surface area contributed by atoms with Crippen molar-refractivity contribution in [2.24, 2.45) is 0 Å². The van der Waals surface area contributed by atoms with Crippen LogP contribution >= 0.6 is 11.6 Å². The molecule has 0 aromatic heterocycles. The van der Waals surface area contributed by atoms with E-state index in [1.165, 1.54) is 12.1 Å². The van der Waals surface area contributed by atoms with Crippen LogP contribution in [0.15, 0.2) is 53.4 Å². The van der Waals surface area contributed by atoms with Crippen molar-refractivity contribution in [1.29, 1.82) is 0 Å². The second kappa shape index (κ2) is 6.93. The second-order valence-corrected chi connectivity index (χ2v) is 8.47. The Morgan fingerprint density at radius 2 is 1.71 bits per heavy atom. The molecule has 128 valence electrons. The van der Waals surface area contributed by atoms with Gasteiger partial charge in [-0.15, -0.1) is 0 Å². The number of rotatable bonds is 4. The minimum Gasteiger partial charge on any atom is -0.322 e. The van der Waals surface area contributed by atoms with Gasteiger partial charge in [-0.05, 0) is 57.2 Å². The number of carbonyl (C=O) groups is 1. The Morgan fingerprint density at radius 3 is 2.33 bits per heavy atom. The van der Waals surface area contributed by atoms with Crippen molar-refractivity contribution in [2.75, 3.05) is 5.32 Å². The zero-order valence-corrected chi connectivity index (χ0v) is 15.2. The highest BCUT2D eigenvalue weighted by molar-refractivity contribution is 7.89. The molecule has 1 amide bonds. The SMILES string of the molecule is CC(C)(C)NS(=O)(=O)c1cccc(NC(=O)c2cccc(Cl)c2)c1. The van der Waals surface area contributed by atoms with E-state index in [9.17, 15) is 13.2 Å². The molecule has 2 aromatic carbocycles. The van der Waals surface area contributed by atoms with E-state index in [0.29, 0.717) is 16.3 Å². The van der Waals surface area contributed by atoms with E-state index in [0.717, 1.165) is 0 Å². The molecule has 0 fully saturated rings. The first-order valence-corrected chi connectivity index (χ1v) is 9.14. The first-order chi connectivity index (χ1) is 11.1. The zero-order chi connectivity index (χ0) is 18.0. The highest BCUT2D eigenvalue weighted by Gasteiger charge is 2.22. The normalized spacial score (nSPS) is 12.0. The Bertz CT molecular complexity index is 858. The lowest BCUT2D eigenvalue weighted by Crippen LogP contribution is -2.40. The fourth-order valence-electron chi connectivity index (χ4n) is 2.04. The van der Waals surface area contributed by atoms with Crippen LogP contribution in [-0.4, -0.2) is 19.9 Å². The topological polar surface area (TPSA) is 75.3 Å². The third-order valence-corrected chi connectivity index (χ3v) is 4.92. The summed E-state index contributed by atoms with van der Waals surface area (Å²) in [5, 5.41) is 3.12. The number of amides is 1. The van der Waals surface area contributed by atoms with Crippen molar-refractivity contribution in [1.82, 2.24) is 4.72 Å². The number of halogens is 1. The number of nitrogens with one attached hydrogen (secondary N) is 2. The molecule has 0 aliphatic carbocycles. The molecule has 0 unspecified atom stereocenters. The number of benzene rings is 2.